The second kappa shape index (κ2) is 5.09. The van der Waals surface area contributed by atoms with Crippen LogP contribution in [0.5, 0.6) is 5.75 Å². The predicted octanol–water partition coefficient (Wildman–Crippen LogP) is 2.61. The fourth-order valence-electron chi connectivity index (χ4n) is 1.40. The van der Waals surface area contributed by atoms with Crippen LogP contribution in [0.1, 0.15) is 10.4 Å². The molecule has 0 fully saturated rings. The van der Waals surface area contributed by atoms with Crippen molar-refractivity contribution in [2.75, 3.05) is 0 Å². The van der Waals surface area contributed by atoms with Crippen LogP contribution < -0.4 is 4.74 Å². The maximum atomic E-state index is 11.8. The largest absolute Gasteiger partial charge is 0.422 e. The Labute approximate surface area is 103 Å². The van der Waals surface area contributed by atoms with E-state index in [9.17, 15) is 14.9 Å². The minimum absolute atomic E-state index is 0.0836. The molecule has 0 unspecified atom stereocenters. The third-order valence-corrected chi connectivity index (χ3v) is 2.20. The summed E-state index contributed by atoms with van der Waals surface area (Å²) in [5.41, 5.74) is -0.363. The second-order valence-electron chi connectivity index (χ2n) is 3.39. The molecule has 0 aliphatic rings. The maximum Gasteiger partial charge on any atom is 0.350 e. The first kappa shape index (κ1) is 11.8. The summed E-state index contributed by atoms with van der Waals surface area (Å²) in [5.74, 6) is -0.551. The minimum atomic E-state index is -0.773. The fourth-order valence-corrected chi connectivity index (χ4v) is 1.40. The van der Waals surface area contributed by atoms with E-state index in [0.717, 1.165) is 0 Å². The van der Waals surface area contributed by atoms with Crippen LogP contribution in [0.15, 0.2) is 48.5 Å². The van der Waals surface area contributed by atoms with Crippen LogP contribution in [0.25, 0.3) is 0 Å². The van der Waals surface area contributed by atoms with Crippen molar-refractivity contribution in [3.8, 4) is 5.75 Å². The number of nitro benzene ring substituents is 1. The molecular weight excluding hydrogens is 234 g/mol. The smallest absolute Gasteiger partial charge is 0.350 e. The Morgan fingerprint density at radius 2 is 1.89 bits per heavy atom. The van der Waals surface area contributed by atoms with Crippen LogP contribution in [-0.2, 0) is 0 Å². The Morgan fingerprint density at radius 1 is 1.17 bits per heavy atom. The lowest BCUT2D eigenvalue weighted by Crippen LogP contribution is -2.10. The molecule has 0 atom stereocenters. The molecule has 2 aromatic carbocycles. The molecule has 0 amide bonds. The van der Waals surface area contributed by atoms with Gasteiger partial charge in [-0.25, -0.2) is 4.79 Å². The van der Waals surface area contributed by atoms with Gasteiger partial charge in [0, 0.05) is 12.1 Å². The van der Waals surface area contributed by atoms with E-state index in [4.69, 9.17) is 4.74 Å². The van der Waals surface area contributed by atoms with Crippen molar-refractivity contribution >= 4 is 11.7 Å². The number of rotatable bonds is 3. The molecule has 0 aliphatic carbocycles. The van der Waals surface area contributed by atoms with Gasteiger partial charge >= 0.3 is 5.97 Å². The zero-order valence-corrected chi connectivity index (χ0v) is 9.20. The highest BCUT2D eigenvalue weighted by atomic mass is 16.6. The number of para-hydroxylation sites is 2. The average Bonchev–Trinajstić information content (AvgIpc) is 2.40. The SMILES string of the molecule is O=C(Oc1[c]cccc1)c1ccccc1[N+](=O)[O-]. The first-order chi connectivity index (χ1) is 8.68. The minimum Gasteiger partial charge on any atom is -0.422 e. The molecule has 0 aromatic heterocycles. The average molecular weight is 242 g/mol. The lowest BCUT2D eigenvalue weighted by atomic mass is 10.2. The van der Waals surface area contributed by atoms with E-state index in [2.05, 4.69) is 6.07 Å². The van der Waals surface area contributed by atoms with Gasteiger partial charge in [0.15, 0.2) is 0 Å². The normalized spacial score (nSPS) is 9.78. The van der Waals surface area contributed by atoms with Crippen molar-refractivity contribution in [1.82, 2.24) is 0 Å². The number of carbonyl (C=O) groups is 1. The van der Waals surface area contributed by atoms with Gasteiger partial charge in [0.2, 0.25) is 0 Å². The number of nitrogens with zero attached hydrogens (tertiary/aromatic N) is 1. The number of esters is 1. The number of nitro groups is 1. The molecule has 18 heavy (non-hydrogen) atoms. The maximum absolute atomic E-state index is 11.8. The Bertz CT molecular complexity index is 581. The van der Waals surface area contributed by atoms with Crippen LogP contribution in [0.3, 0.4) is 0 Å². The third kappa shape index (κ3) is 2.52. The molecule has 5 nitrogen and oxygen atoms in total. The topological polar surface area (TPSA) is 69.4 Å². The first-order valence-corrected chi connectivity index (χ1v) is 5.11. The highest BCUT2D eigenvalue weighted by Gasteiger charge is 2.20. The van der Waals surface area contributed by atoms with Gasteiger partial charge in [0.05, 0.1) is 4.92 Å². The molecule has 0 heterocycles. The summed E-state index contributed by atoms with van der Waals surface area (Å²) in [6.45, 7) is 0. The molecule has 1 radical (unpaired) electrons. The van der Waals surface area contributed by atoms with Crippen molar-refractivity contribution in [2.45, 2.75) is 0 Å². The summed E-state index contributed by atoms with van der Waals surface area (Å²) in [6.07, 6.45) is 0. The van der Waals surface area contributed by atoms with Crippen LogP contribution in [0.4, 0.5) is 5.69 Å². The van der Waals surface area contributed by atoms with E-state index in [1.54, 1.807) is 24.3 Å². The Kier molecular flexibility index (Phi) is 3.33. The van der Waals surface area contributed by atoms with Crippen LogP contribution in [-0.4, -0.2) is 10.9 Å². The van der Waals surface area contributed by atoms with E-state index < -0.39 is 10.9 Å². The third-order valence-electron chi connectivity index (χ3n) is 2.20. The molecule has 2 rings (SSSR count). The van der Waals surface area contributed by atoms with Gasteiger partial charge in [-0.05, 0) is 12.1 Å². The van der Waals surface area contributed by atoms with E-state index in [0.29, 0.717) is 0 Å². The number of carbonyl (C=O) groups excluding carboxylic acids is 1. The molecule has 0 bridgehead atoms. The summed E-state index contributed by atoms with van der Waals surface area (Å²) < 4.78 is 4.99. The van der Waals surface area contributed by atoms with Gasteiger partial charge in [0.25, 0.3) is 5.69 Å². The molecular formula is C13H8NO4. The van der Waals surface area contributed by atoms with Crippen molar-refractivity contribution in [1.29, 1.82) is 0 Å². The fraction of sp³-hybridized carbons (Fsp3) is 0. The lowest BCUT2D eigenvalue weighted by Gasteiger charge is -2.03. The van der Waals surface area contributed by atoms with Crippen LogP contribution in [0, 0.1) is 16.2 Å². The van der Waals surface area contributed by atoms with Crippen molar-refractivity contribution in [3.63, 3.8) is 0 Å². The van der Waals surface area contributed by atoms with E-state index in [-0.39, 0.29) is 17.0 Å². The molecule has 0 saturated heterocycles. The summed E-state index contributed by atoms with van der Waals surface area (Å²) in [5, 5.41) is 10.8. The number of benzene rings is 2. The molecule has 5 heteroatoms. The zero-order chi connectivity index (χ0) is 13.0. The van der Waals surface area contributed by atoms with Gasteiger partial charge in [-0.2, -0.15) is 0 Å². The quantitative estimate of drug-likeness (QED) is 0.359. The monoisotopic (exact) mass is 242 g/mol. The van der Waals surface area contributed by atoms with Crippen molar-refractivity contribution in [3.05, 3.63) is 70.3 Å². The van der Waals surface area contributed by atoms with Crippen LogP contribution in [0.2, 0.25) is 0 Å². The molecule has 0 aliphatic heterocycles. The van der Waals surface area contributed by atoms with Crippen LogP contribution >= 0.6 is 0 Å². The Morgan fingerprint density at radius 3 is 2.56 bits per heavy atom. The summed E-state index contributed by atoms with van der Waals surface area (Å²) in [4.78, 5) is 21.9. The number of hydrogen-bond acceptors (Lipinski definition) is 4. The standard InChI is InChI=1S/C13H8NO4/c15-13(18-10-6-2-1-3-7-10)11-8-4-5-9-12(11)14(16)17/h1-6,8-9H. The molecule has 2 aromatic rings. The van der Waals surface area contributed by atoms with Gasteiger partial charge in [0.1, 0.15) is 11.3 Å². The molecule has 0 saturated carbocycles. The first-order valence-electron chi connectivity index (χ1n) is 5.11. The molecule has 0 N–H and O–H groups in total. The molecule has 0 spiro atoms. The summed E-state index contributed by atoms with van der Waals surface area (Å²) in [6, 6.07) is 14.9. The van der Waals surface area contributed by atoms with Gasteiger partial charge in [-0.1, -0.05) is 30.3 Å². The lowest BCUT2D eigenvalue weighted by molar-refractivity contribution is -0.385. The highest BCUT2D eigenvalue weighted by Crippen LogP contribution is 2.19. The summed E-state index contributed by atoms with van der Waals surface area (Å²) >= 11 is 0. The van der Waals surface area contributed by atoms with E-state index >= 15 is 0 Å². The number of ether oxygens (including phenoxy) is 1. The second-order valence-corrected chi connectivity index (χ2v) is 3.39. The van der Waals surface area contributed by atoms with Crippen molar-refractivity contribution < 1.29 is 14.5 Å². The number of hydrogen-bond donors (Lipinski definition) is 0. The van der Waals surface area contributed by atoms with E-state index in [1.807, 2.05) is 0 Å². The van der Waals surface area contributed by atoms with Gasteiger partial charge in [-0.3, -0.25) is 10.1 Å². The molecule has 89 valence electrons. The van der Waals surface area contributed by atoms with Gasteiger partial charge < -0.3 is 4.74 Å². The van der Waals surface area contributed by atoms with Gasteiger partial charge in [-0.15, -0.1) is 0 Å². The highest BCUT2D eigenvalue weighted by molar-refractivity contribution is 5.95. The Balaban J connectivity index is 2.27. The zero-order valence-electron chi connectivity index (χ0n) is 9.20. The Hall–Kier alpha value is -2.69. The van der Waals surface area contributed by atoms with E-state index in [1.165, 1.54) is 24.3 Å². The summed E-state index contributed by atoms with van der Waals surface area (Å²) in [7, 11) is 0. The predicted molar refractivity (Wildman–Crippen MR) is 63.3 cm³/mol. The van der Waals surface area contributed by atoms with Crippen molar-refractivity contribution in [2.24, 2.45) is 0 Å².